The SMILES string of the molecule is CC(C)Cc1nc(CN(CC2CCCCN2)C2CC2)no1. The van der Waals surface area contributed by atoms with E-state index in [2.05, 4.69) is 34.2 Å². The van der Waals surface area contributed by atoms with E-state index in [9.17, 15) is 0 Å². The van der Waals surface area contributed by atoms with Crippen molar-refractivity contribution in [1.29, 1.82) is 0 Å². The van der Waals surface area contributed by atoms with Gasteiger partial charge in [0.1, 0.15) is 0 Å². The van der Waals surface area contributed by atoms with Gasteiger partial charge in [-0.3, -0.25) is 4.90 Å². The number of nitrogens with one attached hydrogen (secondary N) is 1. The second kappa shape index (κ2) is 6.88. The Labute approximate surface area is 127 Å². The Morgan fingerprint density at radius 3 is 2.81 bits per heavy atom. The molecule has 3 rings (SSSR count). The quantitative estimate of drug-likeness (QED) is 0.836. The summed E-state index contributed by atoms with van der Waals surface area (Å²) in [7, 11) is 0. The zero-order valence-corrected chi connectivity index (χ0v) is 13.3. The van der Waals surface area contributed by atoms with E-state index in [1.807, 2.05) is 0 Å². The fraction of sp³-hybridized carbons (Fsp3) is 0.875. The van der Waals surface area contributed by atoms with E-state index in [4.69, 9.17) is 4.52 Å². The second-order valence-electron chi connectivity index (χ2n) is 7.01. The Kier molecular flexibility index (Phi) is 4.91. The van der Waals surface area contributed by atoms with Crippen molar-refractivity contribution >= 4 is 0 Å². The van der Waals surface area contributed by atoms with Crippen molar-refractivity contribution in [3.63, 3.8) is 0 Å². The summed E-state index contributed by atoms with van der Waals surface area (Å²) < 4.78 is 5.36. The summed E-state index contributed by atoms with van der Waals surface area (Å²) in [5.74, 6) is 2.20. The van der Waals surface area contributed by atoms with Crippen LogP contribution in [-0.4, -0.2) is 40.2 Å². The Bertz CT molecular complexity index is 435. The van der Waals surface area contributed by atoms with E-state index in [1.54, 1.807) is 0 Å². The maximum absolute atomic E-state index is 5.36. The molecule has 2 heterocycles. The highest BCUT2D eigenvalue weighted by Crippen LogP contribution is 2.28. The van der Waals surface area contributed by atoms with Crippen LogP contribution >= 0.6 is 0 Å². The summed E-state index contributed by atoms with van der Waals surface area (Å²) in [6.45, 7) is 7.48. The number of piperidine rings is 1. The summed E-state index contributed by atoms with van der Waals surface area (Å²) >= 11 is 0. The highest BCUT2D eigenvalue weighted by atomic mass is 16.5. The Morgan fingerprint density at radius 1 is 1.29 bits per heavy atom. The average Bonchev–Trinajstić information content (AvgIpc) is 3.22. The molecule has 0 amide bonds. The summed E-state index contributed by atoms with van der Waals surface area (Å²) in [6.07, 6.45) is 7.50. The van der Waals surface area contributed by atoms with Gasteiger partial charge in [0.05, 0.1) is 6.54 Å². The third-order valence-corrected chi connectivity index (χ3v) is 4.37. The van der Waals surface area contributed by atoms with E-state index in [-0.39, 0.29) is 0 Å². The van der Waals surface area contributed by atoms with Crippen LogP contribution in [0.25, 0.3) is 0 Å². The van der Waals surface area contributed by atoms with E-state index < -0.39 is 0 Å². The minimum atomic E-state index is 0.560. The maximum Gasteiger partial charge on any atom is 0.226 e. The van der Waals surface area contributed by atoms with Gasteiger partial charge in [0.2, 0.25) is 5.89 Å². The van der Waals surface area contributed by atoms with Crippen LogP contribution in [0, 0.1) is 5.92 Å². The van der Waals surface area contributed by atoms with Crippen molar-refractivity contribution in [2.75, 3.05) is 13.1 Å². The van der Waals surface area contributed by atoms with Crippen LogP contribution in [0.5, 0.6) is 0 Å². The summed E-state index contributed by atoms with van der Waals surface area (Å²) in [5.41, 5.74) is 0. The van der Waals surface area contributed by atoms with Crippen LogP contribution in [0.15, 0.2) is 4.52 Å². The first-order valence-corrected chi connectivity index (χ1v) is 8.49. The van der Waals surface area contributed by atoms with Gasteiger partial charge in [0.25, 0.3) is 0 Å². The molecule has 1 unspecified atom stereocenters. The van der Waals surface area contributed by atoms with E-state index in [0.29, 0.717) is 12.0 Å². The molecule has 1 saturated carbocycles. The van der Waals surface area contributed by atoms with Crippen molar-refractivity contribution in [1.82, 2.24) is 20.4 Å². The van der Waals surface area contributed by atoms with Gasteiger partial charge < -0.3 is 9.84 Å². The summed E-state index contributed by atoms with van der Waals surface area (Å²) in [5, 5.41) is 7.81. The fourth-order valence-corrected chi connectivity index (χ4v) is 3.11. The molecule has 1 atom stereocenters. The molecule has 1 aliphatic heterocycles. The van der Waals surface area contributed by atoms with Gasteiger partial charge in [-0.1, -0.05) is 25.4 Å². The van der Waals surface area contributed by atoms with Crippen molar-refractivity contribution in [2.24, 2.45) is 5.92 Å². The first kappa shape index (κ1) is 15.0. The lowest BCUT2D eigenvalue weighted by molar-refractivity contribution is 0.201. The predicted molar refractivity (Wildman–Crippen MR) is 81.9 cm³/mol. The summed E-state index contributed by atoms with van der Waals surface area (Å²) in [4.78, 5) is 7.10. The molecular formula is C16H28N4O. The molecule has 2 aliphatic rings. The second-order valence-corrected chi connectivity index (χ2v) is 7.01. The van der Waals surface area contributed by atoms with E-state index in [1.165, 1.54) is 38.6 Å². The number of nitrogens with zero attached hydrogens (tertiary/aromatic N) is 3. The fourth-order valence-electron chi connectivity index (χ4n) is 3.11. The van der Waals surface area contributed by atoms with Gasteiger partial charge in [-0.05, 0) is 38.1 Å². The highest BCUT2D eigenvalue weighted by Gasteiger charge is 2.31. The molecule has 118 valence electrons. The molecular weight excluding hydrogens is 264 g/mol. The van der Waals surface area contributed by atoms with Gasteiger partial charge in [-0.2, -0.15) is 4.98 Å². The zero-order valence-electron chi connectivity index (χ0n) is 13.3. The lowest BCUT2D eigenvalue weighted by atomic mass is 10.0. The Balaban J connectivity index is 1.55. The van der Waals surface area contributed by atoms with Crippen LogP contribution in [0.2, 0.25) is 0 Å². The number of hydrogen-bond acceptors (Lipinski definition) is 5. The number of aromatic nitrogens is 2. The normalized spacial score (nSPS) is 23.1. The first-order chi connectivity index (χ1) is 10.2. The lowest BCUT2D eigenvalue weighted by Crippen LogP contribution is -2.44. The molecule has 1 aromatic heterocycles. The molecule has 21 heavy (non-hydrogen) atoms. The number of rotatable bonds is 7. The van der Waals surface area contributed by atoms with Gasteiger partial charge in [0.15, 0.2) is 5.82 Å². The van der Waals surface area contributed by atoms with Crippen molar-refractivity contribution in [3.8, 4) is 0 Å². The van der Waals surface area contributed by atoms with Crippen molar-refractivity contribution in [3.05, 3.63) is 11.7 Å². The largest absolute Gasteiger partial charge is 0.339 e. The monoisotopic (exact) mass is 292 g/mol. The number of hydrogen-bond donors (Lipinski definition) is 1. The minimum absolute atomic E-state index is 0.560. The zero-order chi connectivity index (χ0) is 14.7. The third kappa shape index (κ3) is 4.51. The van der Waals surface area contributed by atoms with Crippen molar-refractivity contribution in [2.45, 2.75) is 71.0 Å². The molecule has 5 heteroatoms. The first-order valence-electron chi connectivity index (χ1n) is 8.49. The van der Waals surface area contributed by atoms with Crippen LogP contribution < -0.4 is 5.32 Å². The molecule has 1 N–H and O–H groups in total. The maximum atomic E-state index is 5.36. The minimum Gasteiger partial charge on any atom is -0.339 e. The van der Waals surface area contributed by atoms with Crippen molar-refractivity contribution < 1.29 is 4.52 Å². The molecule has 0 aromatic carbocycles. The van der Waals surface area contributed by atoms with Crippen LogP contribution in [0.4, 0.5) is 0 Å². The van der Waals surface area contributed by atoms with Crippen LogP contribution in [0.3, 0.4) is 0 Å². The van der Waals surface area contributed by atoms with Gasteiger partial charge in [-0.25, -0.2) is 0 Å². The van der Waals surface area contributed by atoms with E-state index in [0.717, 1.165) is 37.3 Å². The Morgan fingerprint density at radius 2 is 2.14 bits per heavy atom. The predicted octanol–water partition coefficient (Wildman–Crippen LogP) is 2.37. The summed E-state index contributed by atoms with van der Waals surface area (Å²) in [6, 6.07) is 1.38. The average molecular weight is 292 g/mol. The molecule has 1 aromatic rings. The Hall–Kier alpha value is -0.940. The molecule has 0 spiro atoms. The van der Waals surface area contributed by atoms with Crippen LogP contribution in [-0.2, 0) is 13.0 Å². The molecule has 0 radical (unpaired) electrons. The van der Waals surface area contributed by atoms with Gasteiger partial charge in [-0.15, -0.1) is 0 Å². The lowest BCUT2D eigenvalue weighted by Gasteiger charge is -2.29. The van der Waals surface area contributed by atoms with E-state index >= 15 is 0 Å². The molecule has 5 nitrogen and oxygen atoms in total. The van der Waals surface area contributed by atoms with Gasteiger partial charge >= 0.3 is 0 Å². The third-order valence-electron chi connectivity index (χ3n) is 4.37. The topological polar surface area (TPSA) is 54.2 Å². The molecule has 1 saturated heterocycles. The highest BCUT2D eigenvalue weighted by molar-refractivity contribution is 4.93. The molecule has 1 aliphatic carbocycles. The molecule has 0 bridgehead atoms. The molecule has 2 fully saturated rings. The smallest absolute Gasteiger partial charge is 0.226 e. The van der Waals surface area contributed by atoms with Crippen LogP contribution in [0.1, 0.15) is 57.7 Å². The standard InChI is InChI=1S/C16H28N4O/c1-12(2)9-16-18-15(19-21-16)11-20(14-6-7-14)10-13-5-3-4-8-17-13/h12-14,17H,3-11H2,1-2H3. The van der Waals surface area contributed by atoms with Gasteiger partial charge in [0, 0.05) is 25.0 Å².